The molecular formula is C31H41BINO8. The average molecular weight is 693 g/mol. The predicted molar refractivity (Wildman–Crippen MR) is 169 cm³/mol. The van der Waals surface area contributed by atoms with E-state index >= 15 is 0 Å². The highest BCUT2D eigenvalue weighted by molar-refractivity contribution is 14.1. The fourth-order valence-electron chi connectivity index (χ4n) is 4.66. The lowest BCUT2D eigenvalue weighted by Crippen LogP contribution is -2.45. The van der Waals surface area contributed by atoms with Gasteiger partial charge in [-0.05, 0) is 79.6 Å². The van der Waals surface area contributed by atoms with E-state index in [0.29, 0.717) is 11.2 Å². The summed E-state index contributed by atoms with van der Waals surface area (Å²) in [5, 5.41) is 2.79. The molecule has 1 aliphatic heterocycles. The molecule has 11 heteroatoms. The number of esters is 1. The van der Waals surface area contributed by atoms with Crippen LogP contribution in [0.2, 0.25) is 0 Å². The lowest BCUT2D eigenvalue weighted by atomic mass is 9.77. The number of halogens is 1. The average Bonchev–Trinajstić information content (AvgIpc) is 3.17. The van der Waals surface area contributed by atoms with Crippen molar-refractivity contribution >= 4 is 52.8 Å². The molecule has 3 rings (SSSR count). The SMILES string of the molecule is COC(=O)[C@H](Cc1ccc(OC)c(B2OC(C)(C)C(C)(C)O2)c1)NC(=O)[C@H](C)CC(=O)[C@@H](C)c1ccc(OC)c(I)c1. The van der Waals surface area contributed by atoms with Crippen molar-refractivity contribution in [3.05, 3.63) is 51.1 Å². The monoisotopic (exact) mass is 693 g/mol. The van der Waals surface area contributed by atoms with Crippen LogP contribution >= 0.6 is 22.6 Å². The van der Waals surface area contributed by atoms with E-state index in [9.17, 15) is 14.4 Å². The molecule has 0 saturated carbocycles. The van der Waals surface area contributed by atoms with Crippen LogP contribution in [-0.4, -0.2) is 63.4 Å². The van der Waals surface area contributed by atoms with Gasteiger partial charge >= 0.3 is 13.1 Å². The summed E-state index contributed by atoms with van der Waals surface area (Å²) in [6.45, 7) is 11.4. The highest BCUT2D eigenvalue weighted by atomic mass is 127. The number of Topliss-reactive ketones (excluding diaryl/α,β-unsaturated/α-hetero) is 1. The van der Waals surface area contributed by atoms with Gasteiger partial charge in [-0.25, -0.2) is 4.79 Å². The Hall–Kier alpha value is -2.64. The molecule has 0 radical (unpaired) electrons. The van der Waals surface area contributed by atoms with E-state index in [1.807, 2.05) is 65.0 Å². The summed E-state index contributed by atoms with van der Waals surface area (Å²) in [6, 6.07) is 10.1. The second kappa shape index (κ2) is 13.8. The summed E-state index contributed by atoms with van der Waals surface area (Å²) in [5.74, 6) is -0.796. The Morgan fingerprint density at radius 2 is 1.52 bits per heavy atom. The maximum Gasteiger partial charge on any atom is 0.498 e. The van der Waals surface area contributed by atoms with Gasteiger partial charge in [0.15, 0.2) is 0 Å². The van der Waals surface area contributed by atoms with Crippen molar-refractivity contribution < 1.29 is 37.9 Å². The third kappa shape index (κ3) is 7.65. The van der Waals surface area contributed by atoms with Crippen molar-refractivity contribution in [2.24, 2.45) is 5.92 Å². The molecule has 0 aromatic heterocycles. The van der Waals surface area contributed by atoms with Gasteiger partial charge in [0.25, 0.3) is 0 Å². The Bertz CT molecular complexity index is 1300. The first-order valence-electron chi connectivity index (χ1n) is 13.9. The number of ketones is 1. The minimum Gasteiger partial charge on any atom is -0.497 e. The molecule has 0 spiro atoms. The lowest BCUT2D eigenvalue weighted by Gasteiger charge is -2.32. The summed E-state index contributed by atoms with van der Waals surface area (Å²) in [7, 11) is 3.77. The molecule has 1 saturated heterocycles. The number of ether oxygens (including phenoxy) is 3. The molecule has 0 bridgehead atoms. The molecule has 1 aliphatic rings. The molecule has 1 amide bonds. The largest absolute Gasteiger partial charge is 0.498 e. The lowest BCUT2D eigenvalue weighted by molar-refractivity contribution is -0.145. The molecular weight excluding hydrogens is 652 g/mol. The molecule has 1 heterocycles. The van der Waals surface area contributed by atoms with Crippen LogP contribution in [0.4, 0.5) is 0 Å². The Morgan fingerprint density at radius 1 is 0.929 bits per heavy atom. The van der Waals surface area contributed by atoms with Crippen LogP contribution < -0.4 is 20.3 Å². The summed E-state index contributed by atoms with van der Waals surface area (Å²) in [4.78, 5) is 39.0. The maximum atomic E-state index is 13.2. The zero-order valence-electron chi connectivity index (χ0n) is 25.8. The first-order valence-corrected chi connectivity index (χ1v) is 15.0. The van der Waals surface area contributed by atoms with Gasteiger partial charge in [0.05, 0.1) is 36.1 Å². The van der Waals surface area contributed by atoms with Gasteiger partial charge in [-0.1, -0.05) is 32.0 Å². The van der Waals surface area contributed by atoms with Gasteiger partial charge in [0.1, 0.15) is 23.3 Å². The minimum absolute atomic E-state index is 0.0259. The molecule has 1 fully saturated rings. The van der Waals surface area contributed by atoms with Crippen molar-refractivity contribution in [2.45, 2.75) is 77.5 Å². The smallest absolute Gasteiger partial charge is 0.497 e. The minimum atomic E-state index is -0.958. The Labute approximate surface area is 262 Å². The van der Waals surface area contributed by atoms with E-state index in [1.54, 1.807) is 27.2 Å². The standard InChI is InChI=1S/C31H41BINO8/c1-18(14-25(35)19(2)21-11-13-27(39-8)23(33)17-21)28(36)34-24(29(37)40-9)16-20-10-12-26(38-7)22(15-20)32-41-30(3,4)31(5,6)42-32/h10-13,15,17-19,24H,14,16H2,1-9H3,(H,34,36)/t18-,19+,24+/m1/s1. The number of hydrogen-bond donors (Lipinski definition) is 1. The van der Waals surface area contributed by atoms with Crippen LogP contribution in [0.25, 0.3) is 0 Å². The van der Waals surface area contributed by atoms with Crippen molar-refractivity contribution in [1.29, 1.82) is 0 Å². The predicted octanol–water partition coefficient (Wildman–Crippen LogP) is 4.21. The first-order chi connectivity index (χ1) is 19.6. The zero-order valence-corrected chi connectivity index (χ0v) is 28.0. The van der Waals surface area contributed by atoms with Crippen molar-refractivity contribution in [3.63, 3.8) is 0 Å². The molecule has 42 heavy (non-hydrogen) atoms. The fraction of sp³-hybridized carbons (Fsp3) is 0.516. The number of methoxy groups -OCH3 is 3. The van der Waals surface area contributed by atoms with Gasteiger partial charge in [0.2, 0.25) is 5.91 Å². The van der Waals surface area contributed by atoms with Gasteiger partial charge in [0, 0.05) is 30.1 Å². The van der Waals surface area contributed by atoms with Crippen LogP contribution in [0.1, 0.15) is 65.0 Å². The fourth-order valence-corrected chi connectivity index (χ4v) is 5.42. The number of carbonyl (C=O) groups excluding carboxylic acids is 3. The third-order valence-corrected chi connectivity index (χ3v) is 9.00. The second-order valence-corrected chi connectivity index (χ2v) is 12.8. The number of hydrogen-bond acceptors (Lipinski definition) is 8. The number of carbonyl (C=O) groups is 3. The van der Waals surface area contributed by atoms with Crippen LogP contribution in [0.5, 0.6) is 11.5 Å². The van der Waals surface area contributed by atoms with Gasteiger partial charge < -0.3 is 28.8 Å². The van der Waals surface area contributed by atoms with Crippen molar-refractivity contribution in [2.75, 3.05) is 21.3 Å². The quantitative estimate of drug-likeness (QED) is 0.200. The molecule has 1 N–H and O–H groups in total. The van der Waals surface area contributed by atoms with E-state index in [-0.39, 0.29) is 18.6 Å². The molecule has 9 nitrogen and oxygen atoms in total. The van der Waals surface area contributed by atoms with E-state index in [1.165, 1.54) is 7.11 Å². The van der Waals surface area contributed by atoms with Crippen molar-refractivity contribution in [3.8, 4) is 11.5 Å². The van der Waals surface area contributed by atoms with Crippen LogP contribution in [0, 0.1) is 9.49 Å². The molecule has 2 aromatic rings. The van der Waals surface area contributed by atoms with E-state index < -0.39 is 48.1 Å². The summed E-state index contributed by atoms with van der Waals surface area (Å²) >= 11 is 2.17. The number of benzene rings is 2. The zero-order chi connectivity index (χ0) is 31.4. The first kappa shape index (κ1) is 33.9. The topological polar surface area (TPSA) is 109 Å². The highest BCUT2D eigenvalue weighted by Crippen LogP contribution is 2.37. The van der Waals surface area contributed by atoms with Gasteiger partial charge in [-0.3, -0.25) is 9.59 Å². The third-order valence-electron chi connectivity index (χ3n) is 8.16. The highest BCUT2D eigenvalue weighted by Gasteiger charge is 2.52. The second-order valence-electron chi connectivity index (χ2n) is 11.6. The maximum absolute atomic E-state index is 13.2. The Balaban J connectivity index is 1.72. The normalized spacial score (nSPS) is 17.6. The number of amides is 1. The Kier molecular flexibility index (Phi) is 11.1. The molecule has 3 atom stereocenters. The molecule has 2 aromatic carbocycles. The molecule has 228 valence electrons. The van der Waals surface area contributed by atoms with Gasteiger partial charge in [-0.2, -0.15) is 0 Å². The summed E-state index contributed by atoms with van der Waals surface area (Å²) < 4.78 is 29.2. The Morgan fingerprint density at radius 3 is 2.07 bits per heavy atom. The number of nitrogens with one attached hydrogen (secondary N) is 1. The molecule has 0 aliphatic carbocycles. The van der Waals surface area contributed by atoms with E-state index in [2.05, 4.69) is 27.9 Å². The number of rotatable bonds is 12. The molecule has 0 unspecified atom stereocenters. The van der Waals surface area contributed by atoms with Crippen LogP contribution in [-0.2, 0) is 34.9 Å². The van der Waals surface area contributed by atoms with Crippen LogP contribution in [0.3, 0.4) is 0 Å². The van der Waals surface area contributed by atoms with E-state index in [0.717, 1.165) is 20.4 Å². The van der Waals surface area contributed by atoms with E-state index in [4.69, 9.17) is 23.5 Å². The summed E-state index contributed by atoms with van der Waals surface area (Å²) in [6.07, 6.45) is 0.189. The summed E-state index contributed by atoms with van der Waals surface area (Å²) in [5.41, 5.74) is 1.20. The van der Waals surface area contributed by atoms with Crippen LogP contribution in [0.15, 0.2) is 36.4 Å². The van der Waals surface area contributed by atoms with Crippen molar-refractivity contribution in [1.82, 2.24) is 5.32 Å². The van der Waals surface area contributed by atoms with Gasteiger partial charge in [-0.15, -0.1) is 0 Å².